The Morgan fingerprint density at radius 2 is 2.05 bits per heavy atom. The summed E-state index contributed by atoms with van der Waals surface area (Å²) in [6.45, 7) is 1.36. The van der Waals surface area contributed by atoms with E-state index >= 15 is 0 Å². The van der Waals surface area contributed by atoms with Crippen LogP contribution in [0, 0.1) is 11.3 Å². The summed E-state index contributed by atoms with van der Waals surface area (Å²) < 4.78 is 0. The lowest BCUT2D eigenvalue weighted by Crippen LogP contribution is -2.10. The molecule has 0 radical (unpaired) electrons. The number of fused-ring (bicyclic) bond motifs is 1. The average Bonchev–Trinajstić information content (AvgIpc) is 2.59. The fourth-order valence-electron chi connectivity index (χ4n) is 2.36. The summed E-state index contributed by atoms with van der Waals surface area (Å²) in [4.78, 5) is 23.7. The SMILES string of the molecule is CC(=CC(=O)Nc1sc2c(c1C#N)CCCCC2)C(=O)O. The number of rotatable bonds is 3. The van der Waals surface area contributed by atoms with Crippen molar-refractivity contribution in [1.29, 1.82) is 5.26 Å². The highest BCUT2D eigenvalue weighted by Crippen LogP contribution is 2.36. The summed E-state index contributed by atoms with van der Waals surface area (Å²) in [6, 6.07) is 2.17. The zero-order valence-corrected chi connectivity index (χ0v) is 12.5. The van der Waals surface area contributed by atoms with Gasteiger partial charge in [0, 0.05) is 16.5 Å². The number of thiophene rings is 1. The maximum atomic E-state index is 11.8. The van der Waals surface area contributed by atoms with Gasteiger partial charge < -0.3 is 10.4 Å². The molecule has 0 saturated heterocycles. The molecule has 21 heavy (non-hydrogen) atoms. The number of carboxylic acids is 1. The molecule has 6 heteroatoms. The molecule has 1 aromatic heterocycles. The van der Waals surface area contributed by atoms with Crippen LogP contribution in [0.4, 0.5) is 5.00 Å². The van der Waals surface area contributed by atoms with Crippen LogP contribution >= 0.6 is 11.3 Å². The fraction of sp³-hybridized carbons (Fsp3) is 0.400. The smallest absolute Gasteiger partial charge is 0.331 e. The van der Waals surface area contributed by atoms with Crippen molar-refractivity contribution >= 4 is 28.2 Å². The van der Waals surface area contributed by atoms with E-state index in [1.165, 1.54) is 23.1 Å². The molecule has 1 heterocycles. The third kappa shape index (κ3) is 3.50. The number of hydrogen-bond acceptors (Lipinski definition) is 4. The minimum absolute atomic E-state index is 0.0378. The summed E-state index contributed by atoms with van der Waals surface area (Å²) in [6.07, 6.45) is 6.17. The molecule has 0 aromatic carbocycles. The van der Waals surface area contributed by atoms with Crippen LogP contribution < -0.4 is 5.32 Å². The number of nitrogens with one attached hydrogen (secondary N) is 1. The van der Waals surface area contributed by atoms with Gasteiger partial charge in [0.25, 0.3) is 0 Å². The Balaban J connectivity index is 2.25. The van der Waals surface area contributed by atoms with Crippen molar-refractivity contribution in [2.24, 2.45) is 0 Å². The van der Waals surface area contributed by atoms with Gasteiger partial charge in [-0.1, -0.05) is 6.42 Å². The highest BCUT2D eigenvalue weighted by Gasteiger charge is 2.20. The maximum absolute atomic E-state index is 11.8. The standard InChI is InChI=1S/C15H16N2O3S/c1-9(15(19)20)7-13(18)17-14-11(8-16)10-5-3-2-4-6-12(10)21-14/h7H,2-6H2,1H3,(H,17,18)(H,19,20). The van der Waals surface area contributed by atoms with Gasteiger partial charge in [-0.3, -0.25) is 4.79 Å². The first-order valence-electron chi connectivity index (χ1n) is 6.80. The number of aryl methyl sites for hydroxylation is 1. The van der Waals surface area contributed by atoms with Crippen LogP contribution in [0.5, 0.6) is 0 Å². The monoisotopic (exact) mass is 304 g/mol. The summed E-state index contributed by atoms with van der Waals surface area (Å²) >= 11 is 1.43. The van der Waals surface area contributed by atoms with Gasteiger partial charge in [0.1, 0.15) is 11.1 Å². The lowest BCUT2D eigenvalue weighted by atomic mass is 10.1. The summed E-state index contributed by atoms with van der Waals surface area (Å²) in [7, 11) is 0. The summed E-state index contributed by atoms with van der Waals surface area (Å²) in [5.41, 5.74) is 1.55. The van der Waals surface area contributed by atoms with Crippen molar-refractivity contribution in [3.8, 4) is 6.07 Å². The zero-order valence-electron chi connectivity index (χ0n) is 11.7. The molecule has 1 aliphatic rings. The van der Waals surface area contributed by atoms with E-state index in [9.17, 15) is 14.9 Å². The van der Waals surface area contributed by atoms with Gasteiger partial charge >= 0.3 is 5.97 Å². The second-order valence-electron chi connectivity index (χ2n) is 5.00. The first kappa shape index (κ1) is 15.3. The van der Waals surface area contributed by atoms with Gasteiger partial charge in [-0.05, 0) is 38.2 Å². The normalized spacial score (nSPS) is 14.8. The van der Waals surface area contributed by atoms with E-state index in [0.717, 1.165) is 43.7 Å². The first-order valence-corrected chi connectivity index (χ1v) is 7.61. The minimum atomic E-state index is -1.13. The highest BCUT2D eigenvalue weighted by molar-refractivity contribution is 7.16. The maximum Gasteiger partial charge on any atom is 0.331 e. The Labute approximate surface area is 126 Å². The highest BCUT2D eigenvalue weighted by atomic mass is 32.1. The van der Waals surface area contributed by atoms with Crippen molar-refractivity contribution < 1.29 is 14.7 Å². The number of carbonyl (C=O) groups is 2. The van der Waals surface area contributed by atoms with Crippen molar-refractivity contribution in [2.75, 3.05) is 5.32 Å². The van der Waals surface area contributed by atoms with Gasteiger partial charge in [0.05, 0.1) is 5.56 Å². The van der Waals surface area contributed by atoms with E-state index in [-0.39, 0.29) is 5.57 Å². The van der Waals surface area contributed by atoms with Crippen molar-refractivity contribution in [1.82, 2.24) is 0 Å². The predicted molar refractivity (Wildman–Crippen MR) is 80.3 cm³/mol. The molecule has 1 aliphatic carbocycles. The lowest BCUT2D eigenvalue weighted by Gasteiger charge is -2.01. The average molecular weight is 304 g/mol. The molecule has 0 spiro atoms. The molecule has 2 rings (SSSR count). The Morgan fingerprint density at radius 1 is 1.33 bits per heavy atom. The van der Waals surface area contributed by atoms with E-state index in [0.29, 0.717) is 10.6 Å². The fourth-order valence-corrected chi connectivity index (χ4v) is 3.60. The number of anilines is 1. The Kier molecular flexibility index (Phi) is 4.76. The van der Waals surface area contributed by atoms with E-state index in [1.54, 1.807) is 0 Å². The molecule has 5 nitrogen and oxygen atoms in total. The number of amides is 1. The molecule has 0 unspecified atom stereocenters. The number of carbonyl (C=O) groups excluding carboxylic acids is 1. The summed E-state index contributed by atoms with van der Waals surface area (Å²) in [5, 5.41) is 21.3. The number of nitriles is 1. The zero-order chi connectivity index (χ0) is 15.4. The predicted octanol–water partition coefficient (Wildman–Crippen LogP) is 2.86. The molecule has 1 amide bonds. The van der Waals surface area contributed by atoms with Crippen molar-refractivity contribution in [3.05, 3.63) is 27.7 Å². The third-order valence-electron chi connectivity index (χ3n) is 3.45. The summed E-state index contributed by atoms with van der Waals surface area (Å²) in [5.74, 6) is -1.64. The van der Waals surface area contributed by atoms with Gasteiger partial charge in [-0.25, -0.2) is 4.79 Å². The van der Waals surface area contributed by atoms with Crippen LogP contribution in [0.2, 0.25) is 0 Å². The van der Waals surface area contributed by atoms with E-state index in [2.05, 4.69) is 11.4 Å². The van der Waals surface area contributed by atoms with Crippen LogP contribution in [0.15, 0.2) is 11.6 Å². The van der Waals surface area contributed by atoms with Crippen molar-refractivity contribution in [2.45, 2.75) is 39.0 Å². The first-order chi connectivity index (χ1) is 10.0. The molecule has 0 saturated carbocycles. The van der Waals surface area contributed by atoms with E-state index in [4.69, 9.17) is 5.11 Å². The van der Waals surface area contributed by atoms with Crippen LogP contribution in [-0.4, -0.2) is 17.0 Å². The number of nitrogens with zero attached hydrogens (tertiary/aromatic N) is 1. The van der Waals surface area contributed by atoms with Gasteiger partial charge in [0.2, 0.25) is 5.91 Å². The molecular weight excluding hydrogens is 288 g/mol. The Hall–Kier alpha value is -2.13. The molecular formula is C15H16N2O3S. The van der Waals surface area contributed by atoms with Crippen LogP contribution in [0.3, 0.4) is 0 Å². The second kappa shape index (κ2) is 6.55. The van der Waals surface area contributed by atoms with E-state index in [1.807, 2.05) is 0 Å². The largest absolute Gasteiger partial charge is 0.478 e. The topological polar surface area (TPSA) is 90.2 Å². The molecule has 2 N–H and O–H groups in total. The molecule has 110 valence electrons. The van der Waals surface area contributed by atoms with Crippen LogP contribution in [0.25, 0.3) is 0 Å². The number of hydrogen-bond donors (Lipinski definition) is 2. The number of aliphatic carboxylic acids is 1. The molecule has 0 aliphatic heterocycles. The number of carboxylic acid groups (broad SMARTS) is 1. The minimum Gasteiger partial charge on any atom is -0.478 e. The lowest BCUT2D eigenvalue weighted by molar-refractivity contribution is -0.132. The van der Waals surface area contributed by atoms with Gasteiger partial charge in [-0.2, -0.15) is 5.26 Å². The second-order valence-corrected chi connectivity index (χ2v) is 6.11. The molecule has 0 fully saturated rings. The molecule has 1 aromatic rings. The van der Waals surface area contributed by atoms with Crippen LogP contribution in [-0.2, 0) is 22.4 Å². The third-order valence-corrected chi connectivity index (χ3v) is 4.66. The van der Waals surface area contributed by atoms with E-state index < -0.39 is 11.9 Å². The van der Waals surface area contributed by atoms with Gasteiger partial charge in [-0.15, -0.1) is 11.3 Å². The van der Waals surface area contributed by atoms with Crippen LogP contribution in [0.1, 0.15) is 42.2 Å². The van der Waals surface area contributed by atoms with Gasteiger partial charge in [0.15, 0.2) is 0 Å². The quantitative estimate of drug-likeness (QED) is 0.663. The Morgan fingerprint density at radius 3 is 2.71 bits per heavy atom. The molecule has 0 atom stereocenters. The Bertz CT molecular complexity index is 653. The molecule has 0 bridgehead atoms. The van der Waals surface area contributed by atoms with Crippen molar-refractivity contribution in [3.63, 3.8) is 0 Å².